The lowest BCUT2D eigenvalue weighted by Gasteiger charge is -2.11. The topological polar surface area (TPSA) is 98.2 Å². The normalized spacial score (nSPS) is 11.9. The van der Waals surface area contributed by atoms with E-state index in [9.17, 15) is 14.0 Å². The van der Waals surface area contributed by atoms with E-state index in [1.54, 1.807) is 0 Å². The molecule has 0 saturated heterocycles. The quantitative estimate of drug-likeness (QED) is 0.739. The Kier molecular flexibility index (Phi) is 4.42. The smallest absolute Gasteiger partial charge is 0.241 e. The number of amides is 2. The van der Waals surface area contributed by atoms with Gasteiger partial charge < -0.3 is 16.8 Å². The first-order chi connectivity index (χ1) is 7.90. The highest BCUT2D eigenvalue weighted by atomic mass is 35.5. The number of benzene rings is 1. The summed E-state index contributed by atoms with van der Waals surface area (Å²) >= 11 is 5.74. The summed E-state index contributed by atoms with van der Waals surface area (Å²) in [6, 6.07) is 2.41. The number of rotatable bonds is 4. The average molecular weight is 260 g/mol. The first-order valence-corrected chi connectivity index (χ1v) is 5.07. The van der Waals surface area contributed by atoms with Crippen molar-refractivity contribution in [2.24, 2.45) is 11.5 Å². The van der Waals surface area contributed by atoms with E-state index in [0.717, 1.165) is 12.1 Å². The van der Waals surface area contributed by atoms with Crippen molar-refractivity contribution in [1.29, 1.82) is 0 Å². The molecule has 7 heteroatoms. The Morgan fingerprint density at radius 2 is 2.12 bits per heavy atom. The molecule has 0 spiro atoms. The third-order valence-corrected chi connectivity index (χ3v) is 2.27. The van der Waals surface area contributed by atoms with Crippen LogP contribution in [-0.2, 0) is 9.59 Å². The van der Waals surface area contributed by atoms with Crippen LogP contribution < -0.4 is 16.8 Å². The van der Waals surface area contributed by atoms with Crippen LogP contribution in [0.2, 0.25) is 5.02 Å². The van der Waals surface area contributed by atoms with E-state index in [1.165, 1.54) is 6.07 Å². The maximum absolute atomic E-state index is 12.9. The van der Waals surface area contributed by atoms with Crippen LogP contribution >= 0.6 is 11.6 Å². The van der Waals surface area contributed by atoms with Gasteiger partial charge in [0.05, 0.1) is 23.2 Å². The van der Waals surface area contributed by atoms with Crippen molar-refractivity contribution in [2.75, 3.05) is 5.32 Å². The molecule has 1 atom stereocenters. The molecule has 5 N–H and O–H groups in total. The largest absolute Gasteiger partial charge is 0.370 e. The maximum Gasteiger partial charge on any atom is 0.241 e. The highest BCUT2D eigenvalue weighted by molar-refractivity contribution is 6.33. The molecular formula is C10H11ClFN3O2. The summed E-state index contributed by atoms with van der Waals surface area (Å²) in [5.41, 5.74) is 10.4. The summed E-state index contributed by atoms with van der Waals surface area (Å²) in [5, 5.41) is 2.48. The lowest BCUT2D eigenvalue weighted by molar-refractivity contribution is -0.123. The van der Waals surface area contributed by atoms with E-state index in [0.29, 0.717) is 0 Å². The van der Waals surface area contributed by atoms with Crippen molar-refractivity contribution >= 4 is 29.1 Å². The second-order valence-electron chi connectivity index (χ2n) is 3.39. The van der Waals surface area contributed by atoms with Crippen LogP contribution in [0.4, 0.5) is 10.1 Å². The van der Waals surface area contributed by atoms with Gasteiger partial charge in [0.2, 0.25) is 11.8 Å². The molecule has 17 heavy (non-hydrogen) atoms. The molecule has 92 valence electrons. The molecule has 2 amide bonds. The number of carbonyl (C=O) groups excluding carboxylic acids is 2. The summed E-state index contributed by atoms with van der Waals surface area (Å²) in [5.74, 6) is -1.90. The van der Waals surface area contributed by atoms with Gasteiger partial charge in [-0.1, -0.05) is 11.6 Å². The number of primary amides is 1. The molecule has 0 radical (unpaired) electrons. The minimum absolute atomic E-state index is 0.0941. The summed E-state index contributed by atoms with van der Waals surface area (Å²) in [6.45, 7) is 0. The van der Waals surface area contributed by atoms with Crippen LogP contribution in [0.3, 0.4) is 0 Å². The number of halogens is 2. The molecule has 0 saturated carbocycles. The molecule has 0 heterocycles. The van der Waals surface area contributed by atoms with Crippen molar-refractivity contribution in [3.63, 3.8) is 0 Å². The van der Waals surface area contributed by atoms with Gasteiger partial charge in [0.25, 0.3) is 0 Å². The monoisotopic (exact) mass is 259 g/mol. The van der Waals surface area contributed by atoms with Gasteiger partial charge in [-0.2, -0.15) is 0 Å². The predicted molar refractivity (Wildman–Crippen MR) is 61.8 cm³/mol. The van der Waals surface area contributed by atoms with Gasteiger partial charge in [-0.15, -0.1) is 0 Å². The fourth-order valence-corrected chi connectivity index (χ4v) is 1.29. The Bertz CT molecular complexity index is 453. The molecule has 0 aliphatic rings. The summed E-state index contributed by atoms with van der Waals surface area (Å²) < 4.78 is 12.9. The average Bonchev–Trinajstić information content (AvgIpc) is 2.22. The summed E-state index contributed by atoms with van der Waals surface area (Å²) in [6.07, 6.45) is -0.293. The Morgan fingerprint density at radius 3 is 2.71 bits per heavy atom. The van der Waals surface area contributed by atoms with Crippen molar-refractivity contribution in [2.45, 2.75) is 12.5 Å². The fourth-order valence-electron chi connectivity index (χ4n) is 1.13. The number of hydrogen-bond donors (Lipinski definition) is 3. The van der Waals surface area contributed by atoms with Crippen LogP contribution in [0.15, 0.2) is 18.2 Å². The van der Waals surface area contributed by atoms with Gasteiger partial charge in [0.15, 0.2) is 0 Å². The van der Waals surface area contributed by atoms with E-state index >= 15 is 0 Å². The maximum atomic E-state index is 12.9. The second-order valence-corrected chi connectivity index (χ2v) is 3.80. The third kappa shape index (κ3) is 4.01. The zero-order valence-electron chi connectivity index (χ0n) is 8.74. The molecular weight excluding hydrogens is 249 g/mol. The van der Waals surface area contributed by atoms with Crippen molar-refractivity contribution in [3.05, 3.63) is 29.0 Å². The van der Waals surface area contributed by atoms with Gasteiger partial charge in [0.1, 0.15) is 5.82 Å². The lowest BCUT2D eigenvalue weighted by atomic mass is 10.2. The van der Waals surface area contributed by atoms with E-state index in [1.807, 2.05) is 0 Å². The van der Waals surface area contributed by atoms with Gasteiger partial charge in [-0.05, 0) is 18.2 Å². The van der Waals surface area contributed by atoms with Crippen LogP contribution in [0, 0.1) is 5.82 Å². The number of carbonyl (C=O) groups is 2. The first-order valence-electron chi connectivity index (χ1n) is 4.70. The minimum Gasteiger partial charge on any atom is -0.370 e. The Balaban J connectivity index is 2.73. The van der Waals surface area contributed by atoms with Crippen molar-refractivity contribution in [3.8, 4) is 0 Å². The number of nitrogens with two attached hydrogens (primary N) is 2. The number of nitrogens with one attached hydrogen (secondary N) is 1. The molecule has 1 aromatic carbocycles. The highest BCUT2D eigenvalue weighted by Crippen LogP contribution is 2.22. The SMILES string of the molecule is NC(=O)CC(N)C(=O)Nc1cc(F)ccc1Cl. The van der Waals surface area contributed by atoms with E-state index < -0.39 is 23.7 Å². The van der Waals surface area contributed by atoms with Gasteiger partial charge >= 0.3 is 0 Å². The molecule has 0 aliphatic carbocycles. The van der Waals surface area contributed by atoms with E-state index in [-0.39, 0.29) is 17.1 Å². The summed E-state index contributed by atoms with van der Waals surface area (Å²) in [4.78, 5) is 22.1. The minimum atomic E-state index is -1.09. The van der Waals surface area contributed by atoms with Crippen molar-refractivity contribution < 1.29 is 14.0 Å². The van der Waals surface area contributed by atoms with Gasteiger partial charge in [-0.25, -0.2) is 4.39 Å². The fraction of sp³-hybridized carbons (Fsp3) is 0.200. The van der Waals surface area contributed by atoms with Crippen LogP contribution in [0.1, 0.15) is 6.42 Å². The zero-order chi connectivity index (χ0) is 13.0. The molecule has 0 aromatic heterocycles. The Labute approximate surface area is 102 Å². The third-order valence-electron chi connectivity index (χ3n) is 1.94. The number of hydrogen-bond acceptors (Lipinski definition) is 3. The van der Waals surface area contributed by atoms with E-state index in [4.69, 9.17) is 23.1 Å². The van der Waals surface area contributed by atoms with Gasteiger partial charge in [-0.3, -0.25) is 9.59 Å². The van der Waals surface area contributed by atoms with E-state index in [2.05, 4.69) is 5.32 Å². The molecule has 1 aromatic rings. The molecule has 0 bridgehead atoms. The number of anilines is 1. The van der Waals surface area contributed by atoms with Crippen LogP contribution in [-0.4, -0.2) is 17.9 Å². The van der Waals surface area contributed by atoms with Crippen molar-refractivity contribution in [1.82, 2.24) is 0 Å². The van der Waals surface area contributed by atoms with Gasteiger partial charge in [0, 0.05) is 0 Å². The first kappa shape index (κ1) is 13.4. The highest BCUT2D eigenvalue weighted by Gasteiger charge is 2.17. The summed E-state index contributed by atoms with van der Waals surface area (Å²) in [7, 11) is 0. The Hall–Kier alpha value is -1.66. The molecule has 5 nitrogen and oxygen atoms in total. The van der Waals surface area contributed by atoms with Crippen LogP contribution in [0.25, 0.3) is 0 Å². The zero-order valence-corrected chi connectivity index (χ0v) is 9.50. The van der Waals surface area contributed by atoms with Crippen LogP contribution in [0.5, 0.6) is 0 Å². The molecule has 1 rings (SSSR count). The standard InChI is InChI=1S/C10H11ClFN3O2/c11-6-2-1-5(12)3-8(6)15-10(17)7(13)4-9(14)16/h1-3,7H,4,13H2,(H2,14,16)(H,15,17). The lowest BCUT2D eigenvalue weighted by Crippen LogP contribution is -2.39. The molecule has 0 aliphatic heterocycles. The second kappa shape index (κ2) is 5.60. The predicted octanol–water partition coefficient (Wildman–Crippen LogP) is 0.620. The molecule has 1 unspecified atom stereocenters. The molecule has 0 fully saturated rings. The Morgan fingerprint density at radius 1 is 1.47 bits per heavy atom.